The highest BCUT2D eigenvalue weighted by molar-refractivity contribution is 7.99. The SMILES string of the molecule is CNCCCc1ccnn1C1CCSCC1. The highest BCUT2D eigenvalue weighted by Crippen LogP contribution is 2.27. The number of nitrogens with zero attached hydrogens (tertiary/aromatic N) is 2. The van der Waals surface area contributed by atoms with E-state index in [1.165, 1.54) is 36.5 Å². The lowest BCUT2D eigenvalue weighted by Gasteiger charge is -2.23. The van der Waals surface area contributed by atoms with Gasteiger partial charge in [0.2, 0.25) is 0 Å². The van der Waals surface area contributed by atoms with Crippen molar-refractivity contribution in [3.63, 3.8) is 0 Å². The minimum absolute atomic E-state index is 0.654. The van der Waals surface area contributed by atoms with Crippen LogP contribution in [-0.4, -0.2) is 34.9 Å². The molecule has 16 heavy (non-hydrogen) atoms. The highest BCUT2D eigenvalue weighted by Gasteiger charge is 2.17. The van der Waals surface area contributed by atoms with Gasteiger partial charge in [-0.3, -0.25) is 4.68 Å². The van der Waals surface area contributed by atoms with Crippen LogP contribution in [0.25, 0.3) is 0 Å². The Morgan fingerprint density at radius 2 is 2.31 bits per heavy atom. The molecule has 0 aromatic carbocycles. The van der Waals surface area contributed by atoms with Crippen LogP contribution in [0.4, 0.5) is 0 Å². The van der Waals surface area contributed by atoms with Crippen LogP contribution in [0.1, 0.15) is 31.0 Å². The second kappa shape index (κ2) is 6.30. The summed E-state index contributed by atoms with van der Waals surface area (Å²) >= 11 is 2.07. The van der Waals surface area contributed by atoms with Gasteiger partial charge in [-0.15, -0.1) is 0 Å². The van der Waals surface area contributed by atoms with Gasteiger partial charge >= 0.3 is 0 Å². The number of aromatic nitrogens is 2. The van der Waals surface area contributed by atoms with Gasteiger partial charge in [0.15, 0.2) is 0 Å². The molecule has 0 spiro atoms. The van der Waals surface area contributed by atoms with Crippen molar-refractivity contribution in [1.82, 2.24) is 15.1 Å². The van der Waals surface area contributed by atoms with Crippen molar-refractivity contribution in [2.45, 2.75) is 31.7 Å². The summed E-state index contributed by atoms with van der Waals surface area (Å²) in [5.74, 6) is 2.58. The topological polar surface area (TPSA) is 29.9 Å². The first-order valence-corrected chi connectivity index (χ1v) is 7.32. The third kappa shape index (κ3) is 3.01. The Hall–Kier alpha value is -0.480. The lowest BCUT2D eigenvalue weighted by Crippen LogP contribution is -2.19. The molecule has 2 rings (SSSR count). The number of nitrogens with one attached hydrogen (secondary N) is 1. The number of thioether (sulfide) groups is 1. The number of aryl methyl sites for hydroxylation is 1. The first-order valence-electron chi connectivity index (χ1n) is 6.16. The maximum atomic E-state index is 4.51. The van der Waals surface area contributed by atoms with Crippen LogP contribution in [0.5, 0.6) is 0 Å². The smallest absolute Gasteiger partial charge is 0.0538 e. The number of rotatable bonds is 5. The van der Waals surface area contributed by atoms with Gasteiger partial charge in [0.25, 0.3) is 0 Å². The highest BCUT2D eigenvalue weighted by atomic mass is 32.2. The normalized spacial score (nSPS) is 17.8. The van der Waals surface area contributed by atoms with Crippen LogP contribution in [0.2, 0.25) is 0 Å². The quantitative estimate of drug-likeness (QED) is 0.798. The molecule has 1 aromatic rings. The van der Waals surface area contributed by atoms with E-state index in [9.17, 15) is 0 Å². The molecule has 1 fully saturated rings. The minimum atomic E-state index is 0.654. The Morgan fingerprint density at radius 3 is 3.06 bits per heavy atom. The fourth-order valence-electron chi connectivity index (χ4n) is 2.24. The Morgan fingerprint density at radius 1 is 1.50 bits per heavy atom. The maximum Gasteiger partial charge on any atom is 0.0538 e. The summed E-state index contributed by atoms with van der Waals surface area (Å²) in [6.45, 7) is 1.09. The molecular weight excluding hydrogens is 218 g/mol. The standard InChI is InChI=1S/C12H21N3S/c1-13-7-2-3-11-4-8-14-15(11)12-5-9-16-10-6-12/h4,8,12-13H,2-3,5-7,9-10H2,1H3. The lowest BCUT2D eigenvalue weighted by atomic mass is 10.1. The van der Waals surface area contributed by atoms with Crippen LogP contribution in [0.15, 0.2) is 12.3 Å². The third-order valence-corrected chi connectivity index (χ3v) is 4.20. The Labute approximate surface area is 102 Å². The zero-order chi connectivity index (χ0) is 11.2. The van der Waals surface area contributed by atoms with Crippen LogP contribution in [0, 0.1) is 0 Å². The molecule has 3 nitrogen and oxygen atoms in total. The van der Waals surface area contributed by atoms with E-state index in [1.54, 1.807) is 0 Å². The van der Waals surface area contributed by atoms with Gasteiger partial charge in [0.1, 0.15) is 0 Å². The van der Waals surface area contributed by atoms with Crippen LogP contribution >= 0.6 is 11.8 Å². The summed E-state index contributed by atoms with van der Waals surface area (Å²) in [7, 11) is 2.01. The van der Waals surface area contributed by atoms with E-state index in [2.05, 4.69) is 32.9 Å². The molecule has 0 atom stereocenters. The van der Waals surface area contributed by atoms with E-state index in [0.29, 0.717) is 6.04 Å². The second-order valence-corrected chi connectivity index (χ2v) is 5.54. The van der Waals surface area contributed by atoms with Gasteiger partial charge in [0, 0.05) is 11.9 Å². The van der Waals surface area contributed by atoms with Crippen LogP contribution < -0.4 is 5.32 Å². The molecule has 0 unspecified atom stereocenters. The molecule has 1 aliphatic heterocycles. The van der Waals surface area contributed by atoms with Gasteiger partial charge in [0.05, 0.1) is 6.04 Å². The monoisotopic (exact) mass is 239 g/mol. The first-order chi connectivity index (χ1) is 7.92. The average molecular weight is 239 g/mol. The van der Waals surface area contributed by atoms with Gasteiger partial charge in [-0.05, 0) is 56.8 Å². The molecule has 90 valence electrons. The van der Waals surface area contributed by atoms with E-state index in [-0.39, 0.29) is 0 Å². The van der Waals surface area contributed by atoms with E-state index in [4.69, 9.17) is 0 Å². The summed E-state index contributed by atoms with van der Waals surface area (Å²) in [6, 6.07) is 2.83. The number of hydrogen-bond acceptors (Lipinski definition) is 3. The first kappa shape index (κ1) is 12.0. The molecule has 4 heteroatoms. The Kier molecular flexibility index (Phi) is 4.72. The molecule has 1 aliphatic rings. The fourth-order valence-corrected chi connectivity index (χ4v) is 3.33. The van der Waals surface area contributed by atoms with Crippen molar-refractivity contribution in [3.05, 3.63) is 18.0 Å². The summed E-state index contributed by atoms with van der Waals surface area (Å²) in [5, 5.41) is 7.70. The lowest BCUT2D eigenvalue weighted by molar-refractivity contribution is 0.411. The maximum absolute atomic E-state index is 4.51. The number of hydrogen-bond donors (Lipinski definition) is 1. The van der Waals surface area contributed by atoms with Crippen molar-refractivity contribution in [2.24, 2.45) is 0 Å². The van der Waals surface area contributed by atoms with Crippen LogP contribution in [0.3, 0.4) is 0 Å². The third-order valence-electron chi connectivity index (χ3n) is 3.15. The summed E-state index contributed by atoms with van der Waals surface area (Å²) in [6.07, 6.45) is 6.86. The molecule has 0 radical (unpaired) electrons. The van der Waals surface area contributed by atoms with Gasteiger partial charge in [-0.1, -0.05) is 0 Å². The van der Waals surface area contributed by atoms with Crippen molar-refractivity contribution in [2.75, 3.05) is 25.1 Å². The minimum Gasteiger partial charge on any atom is -0.320 e. The van der Waals surface area contributed by atoms with Gasteiger partial charge in [-0.2, -0.15) is 16.9 Å². The largest absolute Gasteiger partial charge is 0.320 e. The molecule has 0 aliphatic carbocycles. The van der Waals surface area contributed by atoms with Crippen molar-refractivity contribution in [3.8, 4) is 0 Å². The summed E-state index contributed by atoms with van der Waals surface area (Å²) in [5.41, 5.74) is 1.41. The van der Waals surface area contributed by atoms with Gasteiger partial charge < -0.3 is 5.32 Å². The Bertz CT molecular complexity index is 305. The molecule has 2 heterocycles. The molecule has 0 saturated carbocycles. The molecular formula is C12H21N3S. The van der Waals surface area contributed by atoms with Crippen molar-refractivity contribution >= 4 is 11.8 Å². The molecule has 1 aromatic heterocycles. The molecule has 1 N–H and O–H groups in total. The Balaban J connectivity index is 1.94. The molecule has 1 saturated heterocycles. The van der Waals surface area contributed by atoms with E-state index in [1.807, 2.05) is 13.2 Å². The fraction of sp³-hybridized carbons (Fsp3) is 0.750. The average Bonchev–Trinajstić information content (AvgIpc) is 2.79. The predicted octanol–water partition coefficient (Wildman–Crippen LogP) is 2.10. The van der Waals surface area contributed by atoms with E-state index in [0.717, 1.165) is 13.0 Å². The van der Waals surface area contributed by atoms with Crippen molar-refractivity contribution < 1.29 is 0 Å². The molecule has 0 bridgehead atoms. The zero-order valence-electron chi connectivity index (χ0n) is 9.98. The summed E-state index contributed by atoms with van der Waals surface area (Å²) < 4.78 is 2.27. The summed E-state index contributed by atoms with van der Waals surface area (Å²) in [4.78, 5) is 0. The van der Waals surface area contributed by atoms with Crippen molar-refractivity contribution in [1.29, 1.82) is 0 Å². The van der Waals surface area contributed by atoms with E-state index < -0.39 is 0 Å². The second-order valence-electron chi connectivity index (χ2n) is 4.32. The van der Waals surface area contributed by atoms with E-state index >= 15 is 0 Å². The molecule has 0 amide bonds. The zero-order valence-corrected chi connectivity index (χ0v) is 10.8. The van der Waals surface area contributed by atoms with Gasteiger partial charge in [-0.25, -0.2) is 0 Å². The van der Waals surface area contributed by atoms with Crippen LogP contribution in [-0.2, 0) is 6.42 Å². The predicted molar refractivity (Wildman–Crippen MR) is 70.1 cm³/mol.